The lowest BCUT2D eigenvalue weighted by atomic mass is 10.2. The van der Waals surface area contributed by atoms with Crippen molar-refractivity contribution in [3.8, 4) is 0 Å². The van der Waals surface area contributed by atoms with Crippen molar-refractivity contribution in [3.05, 3.63) is 60.2 Å². The van der Waals surface area contributed by atoms with Gasteiger partial charge in [0.05, 0.1) is 16.8 Å². The molecule has 0 aliphatic heterocycles. The van der Waals surface area contributed by atoms with Crippen LogP contribution in [0.1, 0.15) is 5.56 Å². The summed E-state index contributed by atoms with van der Waals surface area (Å²) in [6.45, 7) is 0. The molecule has 1 heterocycles. The van der Waals surface area contributed by atoms with Crippen molar-refractivity contribution in [1.29, 1.82) is 0 Å². The van der Waals surface area contributed by atoms with Crippen molar-refractivity contribution in [1.82, 2.24) is 9.97 Å². The molecule has 0 fully saturated rings. The molecule has 1 aromatic heterocycles. The number of rotatable bonds is 5. The summed E-state index contributed by atoms with van der Waals surface area (Å²) < 4.78 is 0. The number of nitrogens with one attached hydrogen (secondary N) is 2. The largest absolute Gasteiger partial charge is 0.324 e. The zero-order chi connectivity index (χ0) is 14.5. The Morgan fingerprint density at radius 1 is 1.10 bits per heavy atom. The van der Waals surface area contributed by atoms with Crippen LogP contribution in [0.25, 0.3) is 11.0 Å². The van der Waals surface area contributed by atoms with Crippen LogP contribution >= 0.6 is 11.8 Å². The van der Waals surface area contributed by atoms with Gasteiger partial charge in [0.1, 0.15) is 0 Å². The average molecular weight is 297 g/mol. The maximum Gasteiger partial charge on any atom is 0.236 e. The van der Waals surface area contributed by atoms with Gasteiger partial charge in [0, 0.05) is 5.75 Å². The number of thioether (sulfide) groups is 1. The van der Waals surface area contributed by atoms with E-state index < -0.39 is 0 Å². The van der Waals surface area contributed by atoms with E-state index in [2.05, 4.69) is 27.4 Å². The molecule has 3 aromatic rings. The third-order valence-electron chi connectivity index (χ3n) is 2.99. The summed E-state index contributed by atoms with van der Waals surface area (Å²) in [7, 11) is 0. The van der Waals surface area contributed by atoms with Gasteiger partial charge in [0.25, 0.3) is 0 Å². The Labute approximate surface area is 127 Å². The topological polar surface area (TPSA) is 57.8 Å². The smallest absolute Gasteiger partial charge is 0.236 e. The maximum atomic E-state index is 11.9. The van der Waals surface area contributed by atoms with E-state index in [0.717, 1.165) is 16.8 Å². The molecular weight excluding hydrogens is 282 g/mol. The third kappa shape index (κ3) is 3.64. The minimum atomic E-state index is -0.0463. The quantitative estimate of drug-likeness (QED) is 0.758. The molecule has 0 radical (unpaired) electrons. The predicted molar refractivity (Wildman–Crippen MR) is 87.3 cm³/mol. The minimum absolute atomic E-state index is 0.0463. The molecule has 106 valence electrons. The van der Waals surface area contributed by atoms with E-state index in [1.165, 1.54) is 5.56 Å². The molecule has 21 heavy (non-hydrogen) atoms. The Morgan fingerprint density at radius 2 is 1.86 bits per heavy atom. The summed E-state index contributed by atoms with van der Waals surface area (Å²) in [5, 5.41) is 2.79. The average Bonchev–Trinajstić information content (AvgIpc) is 2.90. The van der Waals surface area contributed by atoms with Crippen molar-refractivity contribution in [2.45, 2.75) is 5.75 Å². The van der Waals surface area contributed by atoms with Crippen LogP contribution in [-0.2, 0) is 10.5 Å². The lowest BCUT2D eigenvalue weighted by molar-refractivity contribution is -0.113. The number of aromatic amines is 1. The number of amides is 1. The lowest BCUT2D eigenvalue weighted by Crippen LogP contribution is -2.15. The molecular formula is C16H15N3OS. The molecule has 4 nitrogen and oxygen atoms in total. The Bertz CT molecular complexity index is 706. The number of benzene rings is 2. The number of nitrogens with zero attached hydrogens (tertiary/aromatic N) is 1. The van der Waals surface area contributed by atoms with Gasteiger partial charge in [0.2, 0.25) is 11.9 Å². The van der Waals surface area contributed by atoms with E-state index in [-0.39, 0.29) is 5.91 Å². The Hall–Kier alpha value is -2.27. The lowest BCUT2D eigenvalue weighted by Gasteiger charge is -2.02. The fourth-order valence-electron chi connectivity index (χ4n) is 2.02. The molecule has 0 aliphatic carbocycles. The van der Waals surface area contributed by atoms with Crippen LogP contribution in [0.5, 0.6) is 0 Å². The van der Waals surface area contributed by atoms with Crippen LogP contribution in [0.3, 0.4) is 0 Å². The highest BCUT2D eigenvalue weighted by atomic mass is 32.2. The van der Waals surface area contributed by atoms with Gasteiger partial charge in [-0.25, -0.2) is 4.98 Å². The van der Waals surface area contributed by atoms with E-state index in [9.17, 15) is 4.79 Å². The summed E-state index contributed by atoms with van der Waals surface area (Å²) in [6.07, 6.45) is 0. The first-order valence-corrected chi connectivity index (χ1v) is 7.83. The second kappa shape index (κ2) is 6.45. The molecule has 5 heteroatoms. The molecule has 0 unspecified atom stereocenters. The number of aromatic nitrogens is 2. The number of para-hydroxylation sites is 2. The van der Waals surface area contributed by atoms with Crippen LogP contribution < -0.4 is 5.32 Å². The number of carbonyl (C=O) groups is 1. The normalized spacial score (nSPS) is 10.7. The van der Waals surface area contributed by atoms with E-state index in [0.29, 0.717) is 11.7 Å². The van der Waals surface area contributed by atoms with E-state index in [1.807, 2.05) is 42.5 Å². The molecule has 0 saturated carbocycles. The first-order chi connectivity index (χ1) is 10.3. The first-order valence-electron chi connectivity index (χ1n) is 6.67. The van der Waals surface area contributed by atoms with Gasteiger partial charge in [-0.15, -0.1) is 11.8 Å². The summed E-state index contributed by atoms with van der Waals surface area (Å²) in [4.78, 5) is 19.3. The fourth-order valence-corrected chi connectivity index (χ4v) is 2.80. The molecule has 0 saturated heterocycles. The highest BCUT2D eigenvalue weighted by molar-refractivity contribution is 7.99. The molecule has 0 bridgehead atoms. The summed E-state index contributed by atoms with van der Waals surface area (Å²) in [5.41, 5.74) is 2.99. The number of fused-ring (bicyclic) bond motifs is 1. The van der Waals surface area contributed by atoms with Crippen molar-refractivity contribution in [2.24, 2.45) is 0 Å². The highest BCUT2D eigenvalue weighted by Gasteiger charge is 2.06. The molecule has 1 amide bonds. The van der Waals surface area contributed by atoms with Crippen LogP contribution in [0.4, 0.5) is 5.95 Å². The monoisotopic (exact) mass is 297 g/mol. The van der Waals surface area contributed by atoms with Gasteiger partial charge in [-0.1, -0.05) is 42.5 Å². The SMILES string of the molecule is O=C(CSCc1ccccc1)Nc1nc2ccccc2[nH]1. The van der Waals surface area contributed by atoms with Crippen molar-refractivity contribution in [2.75, 3.05) is 11.1 Å². The van der Waals surface area contributed by atoms with Crippen LogP contribution in [0, 0.1) is 0 Å². The van der Waals surface area contributed by atoms with Crippen LogP contribution in [0.2, 0.25) is 0 Å². The van der Waals surface area contributed by atoms with Crippen molar-refractivity contribution >= 4 is 34.7 Å². The van der Waals surface area contributed by atoms with Crippen LogP contribution in [0.15, 0.2) is 54.6 Å². The highest BCUT2D eigenvalue weighted by Crippen LogP contribution is 2.15. The molecule has 0 aliphatic rings. The van der Waals surface area contributed by atoms with Gasteiger partial charge in [-0.05, 0) is 17.7 Å². The minimum Gasteiger partial charge on any atom is -0.324 e. The number of anilines is 1. The second-order valence-electron chi connectivity index (χ2n) is 4.63. The predicted octanol–water partition coefficient (Wildman–Crippen LogP) is 3.43. The fraction of sp³-hybridized carbons (Fsp3) is 0.125. The third-order valence-corrected chi connectivity index (χ3v) is 4.00. The Kier molecular flexibility index (Phi) is 4.21. The molecule has 0 spiro atoms. The Morgan fingerprint density at radius 3 is 2.67 bits per heavy atom. The summed E-state index contributed by atoms with van der Waals surface area (Å²) in [6, 6.07) is 17.8. The summed E-state index contributed by atoms with van der Waals surface area (Å²) >= 11 is 1.59. The van der Waals surface area contributed by atoms with Crippen LogP contribution in [-0.4, -0.2) is 21.6 Å². The zero-order valence-corrected chi connectivity index (χ0v) is 12.2. The van der Waals surface area contributed by atoms with E-state index >= 15 is 0 Å². The second-order valence-corrected chi connectivity index (χ2v) is 5.61. The molecule has 3 rings (SSSR count). The van der Waals surface area contributed by atoms with E-state index in [4.69, 9.17) is 0 Å². The Balaban J connectivity index is 1.52. The number of H-pyrrole nitrogens is 1. The number of hydrogen-bond donors (Lipinski definition) is 2. The van der Waals surface area contributed by atoms with Gasteiger partial charge < -0.3 is 4.98 Å². The van der Waals surface area contributed by atoms with Gasteiger partial charge >= 0.3 is 0 Å². The molecule has 2 N–H and O–H groups in total. The number of hydrogen-bond acceptors (Lipinski definition) is 3. The maximum absolute atomic E-state index is 11.9. The molecule has 0 atom stereocenters. The zero-order valence-electron chi connectivity index (χ0n) is 11.4. The van der Waals surface area contributed by atoms with Gasteiger partial charge in [0.15, 0.2) is 0 Å². The molecule has 2 aromatic carbocycles. The number of carbonyl (C=O) groups excluding carboxylic acids is 1. The summed E-state index contributed by atoms with van der Waals surface area (Å²) in [5.74, 6) is 1.69. The number of imidazole rings is 1. The van der Waals surface area contributed by atoms with Gasteiger partial charge in [-0.2, -0.15) is 0 Å². The van der Waals surface area contributed by atoms with E-state index in [1.54, 1.807) is 11.8 Å². The standard InChI is InChI=1S/C16H15N3OS/c20-15(11-21-10-12-6-2-1-3-7-12)19-16-17-13-8-4-5-9-14(13)18-16/h1-9H,10-11H2,(H2,17,18,19,20). The van der Waals surface area contributed by atoms with Gasteiger partial charge in [-0.3, -0.25) is 10.1 Å². The van der Waals surface area contributed by atoms with Crippen molar-refractivity contribution < 1.29 is 4.79 Å². The van der Waals surface area contributed by atoms with Crippen molar-refractivity contribution in [3.63, 3.8) is 0 Å². The first kappa shape index (κ1) is 13.7.